The van der Waals surface area contributed by atoms with Crippen LogP contribution in [-0.2, 0) is 9.53 Å². The van der Waals surface area contributed by atoms with Crippen LogP contribution in [0.5, 0.6) is 5.75 Å². The van der Waals surface area contributed by atoms with Crippen molar-refractivity contribution in [2.75, 3.05) is 43.1 Å². The van der Waals surface area contributed by atoms with E-state index in [2.05, 4.69) is 26.1 Å². The fraction of sp³-hybridized carbons (Fsp3) is 0.316. The van der Waals surface area contributed by atoms with Gasteiger partial charge >= 0.3 is 0 Å². The van der Waals surface area contributed by atoms with E-state index in [0.29, 0.717) is 5.75 Å². The Hall–Kier alpha value is -2.05. The quantitative estimate of drug-likeness (QED) is 0.826. The summed E-state index contributed by atoms with van der Waals surface area (Å²) in [6.07, 6.45) is 0. The van der Waals surface area contributed by atoms with Gasteiger partial charge in [0, 0.05) is 28.9 Å². The number of hydrogen-bond acceptors (Lipinski definition) is 4. The number of carbonyl (C=O) groups excluding carboxylic acids is 1. The zero-order valence-corrected chi connectivity index (χ0v) is 15.7. The predicted molar refractivity (Wildman–Crippen MR) is 102 cm³/mol. The van der Waals surface area contributed by atoms with Crippen LogP contribution >= 0.6 is 15.9 Å². The number of ether oxygens (including phenoxy) is 2. The molecule has 0 aromatic heterocycles. The Morgan fingerprint density at radius 2 is 1.92 bits per heavy atom. The molecule has 25 heavy (non-hydrogen) atoms. The summed E-state index contributed by atoms with van der Waals surface area (Å²) < 4.78 is 11.9. The van der Waals surface area contributed by atoms with Crippen molar-refractivity contribution in [3.8, 4) is 5.75 Å². The lowest BCUT2D eigenvalue weighted by atomic mass is 10.2. The number of halogens is 1. The molecule has 1 fully saturated rings. The lowest BCUT2D eigenvalue weighted by molar-refractivity contribution is -0.118. The molecular formula is C19H21BrN2O3. The largest absolute Gasteiger partial charge is 0.484 e. The zero-order chi connectivity index (χ0) is 17.6. The molecule has 5 nitrogen and oxygen atoms in total. The number of morpholine rings is 1. The highest BCUT2D eigenvalue weighted by molar-refractivity contribution is 9.10. The summed E-state index contributed by atoms with van der Waals surface area (Å²) in [7, 11) is 0. The monoisotopic (exact) mass is 404 g/mol. The molecule has 0 spiro atoms. The Bertz CT molecular complexity index is 728. The number of rotatable bonds is 5. The molecule has 1 aliphatic rings. The van der Waals surface area contributed by atoms with Crippen LogP contribution in [0.2, 0.25) is 0 Å². The van der Waals surface area contributed by atoms with Crippen molar-refractivity contribution in [2.45, 2.75) is 6.92 Å². The molecule has 1 amide bonds. The average molecular weight is 405 g/mol. The van der Waals surface area contributed by atoms with E-state index in [4.69, 9.17) is 9.47 Å². The molecule has 2 aromatic carbocycles. The van der Waals surface area contributed by atoms with Gasteiger partial charge in [-0.15, -0.1) is 0 Å². The molecule has 2 aromatic rings. The summed E-state index contributed by atoms with van der Waals surface area (Å²) in [4.78, 5) is 14.3. The Balaban J connectivity index is 1.51. The van der Waals surface area contributed by atoms with Gasteiger partial charge in [0.15, 0.2) is 6.61 Å². The van der Waals surface area contributed by atoms with Crippen molar-refractivity contribution in [1.29, 1.82) is 0 Å². The average Bonchev–Trinajstić information content (AvgIpc) is 2.64. The van der Waals surface area contributed by atoms with Crippen molar-refractivity contribution in [3.63, 3.8) is 0 Å². The van der Waals surface area contributed by atoms with Crippen LogP contribution in [0.4, 0.5) is 11.4 Å². The standard InChI is InChI=1S/C19H21BrN2O3/c1-14-12-17(6-7-18(14)20)25-13-19(23)21-15-2-4-16(5-3-15)22-8-10-24-11-9-22/h2-7,12H,8-11,13H2,1H3,(H,21,23). The molecule has 0 unspecified atom stereocenters. The van der Waals surface area contributed by atoms with Crippen molar-refractivity contribution in [2.24, 2.45) is 0 Å². The zero-order valence-electron chi connectivity index (χ0n) is 14.1. The van der Waals surface area contributed by atoms with Gasteiger partial charge in [-0.1, -0.05) is 15.9 Å². The minimum Gasteiger partial charge on any atom is -0.484 e. The first-order valence-corrected chi connectivity index (χ1v) is 9.03. The molecule has 132 valence electrons. The number of anilines is 2. The Morgan fingerprint density at radius 1 is 1.20 bits per heavy atom. The van der Waals surface area contributed by atoms with E-state index < -0.39 is 0 Å². The fourth-order valence-electron chi connectivity index (χ4n) is 2.63. The first kappa shape index (κ1) is 17.8. The number of amides is 1. The third kappa shape index (κ3) is 4.96. The third-order valence-corrected chi connectivity index (χ3v) is 4.92. The maximum absolute atomic E-state index is 12.1. The second kappa shape index (κ2) is 8.36. The van der Waals surface area contributed by atoms with Gasteiger partial charge in [0.1, 0.15) is 5.75 Å². The maximum Gasteiger partial charge on any atom is 0.262 e. The second-order valence-electron chi connectivity index (χ2n) is 5.89. The van der Waals surface area contributed by atoms with Gasteiger partial charge in [0.2, 0.25) is 0 Å². The van der Waals surface area contributed by atoms with Gasteiger partial charge in [0.25, 0.3) is 5.91 Å². The Morgan fingerprint density at radius 3 is 2.60 bits per heavy atom. The van der Waals surface area contributed by atoms with E-state index >= 15 is 0 Å². The van der Waals surface area contributed by atoms with Gasteiger partial charge in [-0.2, -0.15) is 0 Å². The first-order valence-electron chi connectivity index (χ1n) is 8.23. The van der Waals surface area contributed by atoms with Crippen LogP contribution in [-0.4, -0.2) is 38.8 Å². The molecule has 0 aliphatic carbocycles. The summed E-state index contributed by atoms with van der Waals surface area (Å²) in [6.45, 7) is 5.26. The minimum atomic E-state index is -0.181. The van der Waals surface area contributed by atoms with Crippen molar-refractivity contribution >= 4 is 33.2 Å². The lowest BCUT2D eigenvalue weighted by Gasteiger charge is -2.28. The van der Waals surface area contributed by atoms with E-state index in [1.165, 1.54) is 0 Å². The summed E-state index contributed by atoms with van der Waals surface area (Å²) in [5, 5.41) is 2.85. The second-order valence-corrected chi connectivity index (χ2v) is 6.75. The Kier molecular flexibility index (Phi) is 5.94. The molecule has 1 aliphatic heterocycles. The highest BCUT2D eigenvalue weighted by Crippen LogP contribution is 2.22. The normalized spacial score (nSPS) is 14.2. The van der Waals surface area contributed by atoms with Crippen LogP contribution in [0, 0.1) is 6.92 Å². The van der Waals surface area contributed by atoms with Crippen molar-refractivity contribution in [1.82, 2.24) is 0 Å². The molecule has 0 saturated carbocycles. The SMILES string of the molecule is Cc1cc(OCC(=O)Nc2ccc(N3CCOCC3)cc2)ccc1Br. The molecule has 0 bridgehead atoms. The predicted octanol–water partition coefficient (Wildman–Crippen LogP) is 3.61. The van der Waals surface area contributed by atoms with Crippen LogP contribution in [0.1, 0.15) is 5.56 Å². The lowest BCUT2D eigenvalue weighted by Crippen LogP contribution is -2.36. The number of carbonyl (C=O) groups is 1. The molecule has 1 heterocycles. The number of hydrogen-bond donors (Lipinski definition) is 1. The van der Waals surface area contributed by atoms with Crippen LogP contribution < -0.4 is 15.0 Å². The summed E-state index contributed by atoms with van der Waals surface area (Å²) >= 11 is 3.44. The smallest absolute Gasteiger partial charge is 0.262 e. The molecular weight excluding hydrogens is 384 g/mol. The molecule has 0 radical (unpaired) electrons. The number of aryl methyl sites for hydroxylation is 1. The number of benzene rings is 2. The maximum atomic E-state index is 12.1. The third-order valence-electron chi connectivity index (χ3n) is 4.03. The minimum absolute atomic E-state index is 0.0215. The van der Waals surface area contributed by atoms with Crippen LogP contribution in [0.3, 0.4) is 0 Å². The molecule has 6 heteroatoms. The van der Waals surface area contributed by atoms with E-state index in [-0.39, 0.29) is 12.5 Å². The van der Waals surface area contributed by atoms with Crippen molar-refractivity contribution < 1.29 is 14.3 Å². The molecule has 0 atom stereocenters. The molecule has 3 rings (SSSR count). The highest BCUT2D eigenvalue weighted by Gasteiger charge is 2.11. The summed E-state index contributed by atoms with van der Waals surface area (Å²) in [5.41, 5.74) is 2.97. The van der Waals surface area contributed by atoms with E-state index in [1.54, 1.807) is 0 Å². The van der Waals surface area contributed by atoms with Gasteiger partial charge in [-0.05, 0) is 55.0 Å². The van der Waals surface area contributed by atoms with Gasteiger partial charge < -0.3 is 19.7 Å². The number of nitrogens with one attached hydrogen (secondary N) is 1. The number of nitrogens with zero attached hydrogens (tertiary/aromatic N) is 1. The highest BCUT2D eigenvalue weighted by atomic mass is 79.9. The van der Waals surface area contributed by atoms with Crippen LogP contribution in [0.15, 0.2) is 46.9 Å². The summed E-state index contributed by atoms with van der Waals surface area (Å²) in [6, 6.07) is 13.5. The van der Waals surface area contributed by atoms with E-state index in [1.807, 2.05) is 49.4 Å². The Labute approximate surface area is 156 Å². The van der Waals surface area contributed by atoms with E-state index in [0.717, 1.165) is 47.7 Å². The molecule has 1 N–H and O–H groups in total. The molecule has 1 saturated heterocycles. The first-order chi connectivity index (χ1) is 12.1. The van der Waals surface area contributed by atoms with Gasteiger partial charge in [0.05, 0.1) is 13.2 Å². The van der Waals surface area contributed by atoms with Gasteiger partial charge in [-0.25, -0.2) is 0 Å². The van der Waals surface area contributed by atoms with Crippen LogP contribution in [0.25, 0.3) is 0 Å². The summed E-state index contributed by atoms with van der Waals surface area (Å²) in [5.74, 6) is 0.498. The van der Waals surface area contributed by atoms with E-state index in [9.17, 15) is 4.79 Å². The fourth-order valence-corrected chi connectivity index (χ4v) is 2.88. The van der Waals surface area contributed by atoms with Gasteiger partial charge in [-0.3, -0.25) is 4.79 Å². The van der Waals surface area contributed by atoms with Crippen molar-refractivity contribution in [3.05, 3.63) is 52.5 Å². The topological polar surface area (TPSA) is 50.8 Å².